The lowest BCUT2D eigenvalue weighted by Crippen LogP contribution is -1.98. The number of hydrogen-bond acceptors (Lipinski definition) is 4. The zero-order valence-electron chi connectivity index (χ0n) is 12.1. The molecule has 5 heteroatoms. The van der Waals surface area contributed by atoms with Crippen LogP contribution >= 0.6 is 0 Å². The molecular weight excluding hydrogens is 270 g/mol. The van der Waals surface area contributed by atoms with Gasteiger partial charge in [-0.25, -0.2) is 0 Å². The van der Waals surface area contributed by atoms with Crippen molar-refractivity contribution in [2.75, 3.05) is 0 Å². The maximum absolute atomic E-state index is 10.8. The number of aliphatic hydroxyl groups is 1. The molecule has 0 heterocycles. The zero-order valence-corrected chi connectivity index (χ0v) is 12.1. The van der Waals surface area contributed by atoms with Crippen molar-refractivity contribution >= 4 is 5.69 Å². The fourth-order valence-corrected chi connectivity index (χ4v) is 1.47. The average Bonchev–Trinajstić information content (AvgIpc) is 2.46. The maximum atomic E-state index is 10.8. The molecule has 2 aromatic carbocycles. The van der Waals surface area contributed by atoms with Crippen LogP contribution in [0.5, 0.6) is 5.75 Å². The van der Waals surface area contributed by atoms with E-state index >= 15 is 0 Å². The molecule has 0 unspecified atom stereocenters. The number of ether oxygens (including phenoxy) is 1. The Kier molecular flexibility index (Phi) is 6.91. The van der Waals surface area contributed by atoms with Crippen LogP contribution in [-0.4, -0.2) is 16.1 Å². The van der Waals surface area contributed by atoms with Gasteiger partial charge in [0, 0.05) is 12.2 Å². The van der Waals surface area contributed by atoms with Crippen LogP contribution in [0.1, 0.15) is 19.4 Å². The zero-order chi connectivity index (χ0) is 15.7. The third kappa shape index (κ3) is 6.54. The van der Waals surface area contributed by atoms with Gasteiger partial charge in [-0.15, -0.1) is 0 Å². The molecule has 0 saturated carbocycles. The summed E-state index contributed by atoms with van der Waals surface area (Å²) in [7, 11) is 0. The smallest absolute Gasteiger partial charge is 0.310 e. The van der Waals surface area contributed by atoms with E-state index in [1.165, 1.54) is 6.07 Å². The Labute approximate surface area is 124 Å². The Morgan fingerprint density at radius 3 is 2.19 bits per heavy atom. The monoisotopic (exact) mass is 289 g/mol. The van der Waals surface area contributed by atoms with Crippen molar-refractivity contribution in [3.05, 3.63) is 70.3 Å². The number of para-hydroxylation sites is 2. The van der Waals surface area contributed by atoms with E-state index < -0.39 is 4.92 Å². The minimum Gasteiger partial charge on any atom is -0.482 e. The summed E-state index contributed by atoms with van der Waals surface area (Å²) in [5.74, 6) is 0.293. The summed E-state index contributed by atoms with van der Waals surface area (Å²) in [6, 6.07) is 15.9. The summed E-state index contributed by atoms with van der Waals surface area (Å²) in [5, 5.41) is 18.8. The summed E-state index contributed by atoms with van der Waals surface area (Å²) in [4.78, 5) is 10.3. The number of benzene rings is 2. The van der Waals surface area contributed by atoms with Gasteiger partial charge in [-0.2, -0.15) is 0 Å². The Morgan fingerprint density at radius 1 is 1.10 bits per heavy atom. The SMILES string of the molecule is CC(C)O.O=[N+]([O-])c1ccccc1OCc1ccccc1. The minimum atomic E-state index is -0.444. The largest absolute Gasteiger partial charge is 0.482 e. The maximum Gasteiger partial charge on any atom is 0.310 e. The second-order valence-corrected chi connectivity index (χ2v) is 4.59. The van der Waals surface area contributed by atoms with Gasteiger partial charge in [-0.05, 0) is 25.5 Å². The first-order valence-electron chi connectivity index (χ1n) is 6.59. The van der Waals surface area contributed by atoms with E-state index in [1.807, 2.05) is 30.3 Å². The topological polar surface area (TPSA) is 72.6 Å². The summed E-state index contributed by atoms with van der Waals surface area (Å²) in [6.45, 7) is 3.77. The van der Waals surface area contributed by atoms with Crippen LogP contribution in [0.2, 0.25) is 0 Å². The minimum absolute atomic E-state index is 0.0107. The predicted molar refractivity (Wildman–Crippen MR) is 81.2 cm³/mol. The van der Waals surface area contributed by atoms with Gasteiger partial charge >= 0.3 is 5.69 Å². The first kappa shape index (κ1) is 16.7. The van der Waals surface area contributed by atoms with Crippen molar-refractivity contribution in [2.45, 2.75) is 26.6 Å². The molecule has 2 rings (SSSR count). The first-order valence-corrected chi connectivity index (χ1v) is 6.59. The van der Waals surface area contributed by atoms with Crippen molar-refractivity contribution in [1.29, 1.82) is 0 Å². The quantitative estimate of drug-likeness (QED) is 0.690. The molecule has 0 aromatic heterocycles. The first-order chi connectivity index (χ1) is 10.0. The number of nitro groups is 1. The molecule has 0 amide bonds. The number of rotatable bonds is 4. The third-order valence-corrected chi connectivity index (χ3v) is 2.30. The number of aliphatic hydroxyl groups excluding tert-OH is 1. The van der Waals surface area contributed by atoms with Gasteiger partial charge in [-0.1, -0.05) is 42.5 Å². The molecule has 0 atom stereocenters. The molecule has 112 valence electrons. The van der Waals surface area contributed by atoms with Gasteiger partial charge in [0.1, 0.15) is 6.61 Å². The normalized spacial score (nSPS) is 9.71. The van der Waals surface area contributed by atoms with Gasteiger partial charge in [-0.3, -0.25) is 10.1 Å². The lowest BCUT2D eigenvalue weighted by atomic mass is 10.2. The van der Waals surface area contributed by atoms with E-state index in [4.69, 9.17) is 9.84 Å². The fraction of sp³-hybridized carbons (Fsp3) is 0.250. The Morgan fingerprint density at radius 2 is 1.62 bits per heavy atom. The predicted octanol–water partition coefficient (Wildman–Crippen LogP) is 3.56. The summed E-state index contributed by atoms with van der Waals surface area (Å²) < 4.78 is 5.44. The van der Waals surface area contributed by atoms with Crippen LogP contribution in [0, 0.1) is 10.1 Å². The van der Waals surface area contributed by atoms with E-state index in [0.717, 1.165) is 5.56 Å². The van der Waals surface area contributed by atoms with E-state index in [9.17, 15) is 10.1 Å². The summed E-state index contributed by atoms with van der Waals surface area (Å²) >= 11 is 0. The lowest BCUT2D eigenvalue weighted by molar-refractivity contribution is -0.385. The Bertz CT molecular complexity index is 552. The number of nitrogens with zero attached hydrogens (tertiary/aromatic N) is 1. The van der Waals surface area contributed by atoms with Crippen LogP contribution in [0.3, 0.4) is 0 Å². The Hall–Kier alpha value is -2.40. The standard InChI is InChI=1S/C13H11NO3.C3H8O/c15-14(16)12-8-4-5-9-13(12)17-10-11-6-2-1-3-7-11;1-3(2)4/h1-9H,10H2;3-4H,1-2H3. The van der Waals surface area contributed by atoms with E-state index in [-0.39, 0.29) is 11.8 Å². The van der Waals surface area contributed by atoms with Crippen molar-refractivity contribution in [3.8, 4) is 5.75 Å². The molecule has 0 aliphatic rings. The van der Waals surface area contributed by atoms with Gasteiger partial charge in [0.25, 0.3) is 0 Å². The molecule has 0 fully saturated rings. The van der Waals surface area contributed by atoms with Crippen molar-refractivity contribution in [1.82, 2.24) is 0 Å². The van der Waals surface area contributed by atoms with Crippen molar-refractivity contribution < 1.29 is 14.8 Å². The molecule has 2 aromatic rings. The van der Waals surface area contributed by atoms with Crippen LogP contribution in [-0.2, 0) is 6.61 Å². The highest BCUT2D eigenvalue weighted by molar-refractivity contribution is 5.45. The molecule has 5 nitrogen and oxygen atoms in total. The van der Waals surface area contributed by atoms with Crippen molar-refractivity contribution in [3.63, 3.8) is 0 Å². The molecule has 0 bridgehead atoms. The molecule has 0 saturated heterocycles. The number of nitro benzene ring substituents is 1. The van der Waals surface area contributed by atoms with Crippen LogP contribution < -0.4 is 4.74 Å². The molecule has 0 radical (unpaired) electrons. The second-order valence-electron chi connectivity index (χ2n) is 4.59. The third-order valence-electron chi connectivity index (χ3n) is 2.30. The van der Waals surface area contributed by atoms with Gasteiger partial charge in [0.2, 0.25) is 0 Å². The second kappa shape index (κ2) is 8.71. The van der Waals surface area contributed by atoms with Crippen molar-refractivity contribution in [2.24, 2.45) is 0 Å². The van der Waals surface area contributed by atoms with Gasteiger partial charge in [0.15, 0.2) is 5.75 Å². The molecule has 0 aliphatic heterocycles. The summed E-state index contributed by atoms with van der Waals surface area (Å²) in [5.41, 5.74) is 0.967. The van der Waals surface area contributed by atoms with E-state index in [0.29, 0.717) is 12.4 Å². The van der Waals surface area contributed by atoms with Crippen LogP contribution in [0.4, 0.5) is 5.69 Å². The number of hydrogen-bond donors (Lipinski definition) is 1. The molecule has 21 heavy (non-hydrogen) atoms. The van der Waals surface area contributed by atoms with Gasteiger partial charge < -0.3 is 9.84 Å². The van der Waals surface area contributed by atoms with E-state index in [2.05, 4.69) is 0 Å². The molecule has 0 aliphatic carbocycles. The highest BCUT2D eigenvalue weighted by Crippen LogP contribution is 2.26. The van der Waals surface area contributed by atoms with Crippen LogP contribution in [0.15, 0.2) is 54.6 Å². The Balaban J connectivity index is 0.000000491. The van der Waals surface area contributed by atoms with E-state index in [1.54, 1.807) is 32.0 Å². The van der Waals surface area contributed by atoms with Crippen LogP contribution in [0.25, 0.3) is 0 Å². The average molecular weight is 289 g/mol. The molecule has 1 N–H and O–H groups in total. The summed E-state index contributed by atoms with van der Waals surface area (Å²) in [6.07, 6.45) is -0.167. The highest BCUT2D eigenvalue weighted by atomic mass is 16.6. The fourth-order valence-electron chi connectivity index (χ4n) is 1.47. The molecule has 0 spiro atoms. The van der Waals surface area contributed by atoms with Gasteiger partial charge in [0.05, 0.1) is 4.92 Å². The molecular formula is C16H19NO4. The highest BCUT2D eigenvalue weighted by Gasteiger charge is 2.13. The lowest BCUT2D eigenvalue weighted by Gasteiger charge is -2.06.